The predicted molar refractivity (Wildman–Crippen MR) is 108 cm³/mol. The monoisotopic (exact) mass is 482 g/mol. The highest BCUT2D eigenvalue weighted by Gasteiger charge is 2.41. The van der Waals surface area contributed by atoms with Crippen LogP contribution < -0.4 is 5.32 Å². The summed E-state index contributed by atoms with van der Waals surface area (Å²) in [7, 11) is 0. The van der Waals surface area contributed by atoms with Crippen LogP contribution in [-0.2, 0) is 0 Å². The molecule has 0 aromatic rings. The minimum Gasteiger partial charge on any atom is -0.357 e. The molecule has 1 N–H and O–H groups in total. The molecule has 0 amide bonds. The van der Waals surface area contributed by atoms with Crippen molar-refractivity contribution in [2.75, 3.05) is 45.5 Å². The van der Waals surface area contributed by atoms with Crippen LogP contribution in [0, 0.1) is 0 Å². The van der Waals surface area contributed by atoms with Crippen LogP contribution in [-0.4, -0.2) is 78.2 Å². The lowest BCUT2D eigenvalue weighted by atomic mass is 10.2. The first kappa shape index (κ1) is 24.1. The Hall–Kier alpha value is 0.1000. The van der Waals surface area contributed by atoms with Crippen LogP contribution >= 0.6 is 35.7 Å². The Morgan fingerprint density at radius 1 is 1.21 bits per heavy atom. The fourth-order valence-corrected chi connectivity index (χ4v) is 2.48. The molecule has 4 nitrogen and oxygen atoms in total. The van der Waals surface area contributed by atoms with E-state index >= 15 is 0 Å². The molecule has 1 atom stereocenters. The molecule has 1 unspecified atom stereocenters. The molecule has 144 valence electrons. The van der Waals surface area contributed by atoms with Crippen molar-refractivity contribution in [2.45, 2.75) is 44.7 Å². The lowest BCUT2D eigenvalue weighted by Gasteiger charge is -2.39. The number of alkyl halides is 3. The first-order valence-corrected chi connectivity index (χ1v) is 9.22. The minimum atomic E-state index is -4.16. The number of guanidine groups is 1. The van der Waals surface area contributed by atoms with Gasteiger partial charge in [0, 0.05) is 37.5 Å². The lowest BCUT2D eigenvalue weighted by molar-refractivity contribution is -0.181. The third-order valence-electron chi connectivity index (χ3n) is 4.13. The van der Waals surface area contributed by atoms with Crippen molar-refractivity contribution in [2.24, 2.45) is 4.99 Å². The van der Waals surface area contributed by atoms with Gasteiger partial charge in [-0.1, -0.05) is 0 Å². The second-order valence-electron chi connectivity index (χ2n) is 6.37. The van der Waals surface area contributed by atoms with Crippen LogP contribution in [0.4, 0.5) is 13.2 Å². The van der Waals surface area contributed by atoms with Crippen molar-refractivity contribution in [3.8, 4) is 0 Å². The van der Waals surface area contributed by atoms with E-state index in [9.17, 15) is 13.2 Å². The van der Waals surface area contributed by atoms with Crippen LogP contribution in [0.15, 0.2) is 4.99 Å². The molecular formula is C15H30F3IN4S. The SMILES string of the molecule is CCNC(=NCC(C)(C)SC)N1CCN(C(C)C(F)(F)F)CC1.I. The van der Waals surface area contributed by atoms with Crippen molar-refractivity contribution in [1.29, 1.82) is 0 Å². The Morgan fingerprint density at radius 2 is 1.75 bits per heavy atom. The number of aliphatic imine (C=N–C) groups is 1. The van der Waals surface area contributed by atoms with Crippen molar-refractivity contribution in [3.63, 3.8) is 0 Å². The summed E-state index contributed by atoms with van der Waals surface area (Å²) in [6.45, 7) is 10.8. The number of rotatable bonds is 5. The Morgan fingerprint density at radius 3 is 2.17 bits per heavy atom. The maximum absolute atomic E-state index is 12.8. The Labute approximate surface area is 165 Å². The third-order valence-corrected chi connectivity index (χ3v) is 5.37. The van der Waals surface area contributed by atoms with Gasteiger partial charge in [0.15, 0.2) is 5.96 Å². The van der Waals surface area contributed by atoms with E-state index in [-0.39, 0.29) is 28.7 Å². The van der Waals surface area contributed by atoms with Crippen molar-refractivity contribution >= 4 is 41.7 Å². The van der Waals surface area contributed by atoms with Gasteiger partial charge in [0.25, 0.3) is 0 Å². The quantitative estimate of drug-likeness (QED) is 0.370. The molecule has 0 bridgehead atoms. The van der Waals surface area contributed by atoms with Gasteiger partial charge in [0.05, 0.1) is 6.54 Å². The van der Waals surface area contributed by atoms with Crippen molar-refractivity contribution < 1.29 is 13.2 Å². The summed E-state index contributed by atoms with van der Waals surface area (Å²) >= 11 is 1.75. The number of nitrogens with zero attached hydrogens (tertiary/aromatic N) is 3. The van der Waals surface area contributed by atoms with Crippen molar-refractivity contribution in [1.82, 2.24) is 15.1 Å². The highest BCUT2D eigenvalue weighted by atomic mass is 127. The minimum absolute atomic E-state index is 0. The van der Waals surface area contributed by atoms with Crippen LogP contribution in [0.25, 0.3) is 0 Å². The van der Waals surface area contributed by atoms with Crippen LogP contribution in [0.2, 0.25) is 0 Å². The summed E-state index contributed by atoms with van der Waals surface area (Å²) in [5, 5.41) is 3.25. The molecule has 1 aliphatic heterocycles. The van der Waals surface area contributed by atoms with Crippen LogP contribution in [0.5, 0.6) is 0 Å². The van der Waals surface area contributed by atoms with Gasteiger partial charge in [-0.05, 0) is 34.0 Å². The van der Waals surface area contributed by atoms with Gasteiger partial charge >= 0.3 is 6.18 Å². The number of piperazine rings is 1. The molecule has 1 heterocycles. The smallest absolute Gasteiger partial charge is 0.357 e. The summed E-state index contributed by atoms with van der Waals surface area (Å²) in [6, 6.07) is -1.39. The molecule has 0 radical (unpaired) electrons. The van der Waals surface area contributed by atoms with E-state index in [0.717, 1.165) is 12.5 Å². The third kappa shape index (κ3) is 7.55. The lowest BCUT2D eigenvalue weighted by Crippen LogP contribution is -2.56. The molecule has 0 aliphatic carbocycles. The Balaban J connectivity index is 0.00000529. The van der Waals surface area contributed by atoms with E-state index in [1.165, 1.54) is 11.8 Å². The molecule has 9 heteroatoms. The van der Waals surface area contributed by atoms with Crippen LogP contribution in [0.3, 0.4) is 0 Å². The molecule has 1 saturated heterocycles. The van der Waals surface area contributed by atoms with Gasteiger partial charge in [-0.25, -0.2) is 0 Å². The number of halogens is 4. The number of thioether (sulfide) groups is 1. The van der Waals surface area contributed by atoms with Gasteiger partial charge in [0.2, 0.25) is 0 Å². The Kier molecular flexibility index (Phi) is 10.3. The predicted octanol–water partition coefficient (Wildman–Crippen LogP) is 3.28. The van der Waals surface area contributed by atoms with E-state index in [1.54, 1.807) is 11.8 Å². The largest absolute Gasteiger partial charge is 0.403 e. The number of hydrogen-bond donors (Lipinski definition) is 1. The van der Waals surface area contributed by atoms with Gasteiger partial charge in [-0.15, -0.1) is 24.0 Å². The standard InChI is InChI=1S/C15H29F3N4S.HI/c1-6-19-13(20-11-14(3,4)23-5)22-9-7-21(8-10-22)12(2)15(16,17)18;/h12H,6-11H2,1-5H3,(H,19,20);1H. The average molecular weight is 482 g/mol. The molecular weight excluding hydrogens is 452 g/mol. The first-order valence-electron chi connectivity index (χ1n) is 8.00. The zero-order chi connectivity index (χ0) is 17.7. The molecule has 0 spiro atoms. The van der Waals surface area contributed by atoms with Crippen molar-refractivity contribution in [3.05, 3.63) is 0 Å². The Bertz CT molecular complexity index is 397. The number of nitrogens with one attached hydrogen (secondary N) is 1. The molecule has 1 rings (SSSR count). The van der Waals surface area contributed by atoms with E-state index in [1.807, 2.05) is 6.92 Å². The highest BCUT2D eigenvalue weighted by molar-refractivity contribution is 14.0. The van der Waals surface area contributed by atoms with E-state index in [0.29, 0.717) is 32.7 Å². The van der Waals surface area contributed by atoms with Gasteiger partial charge in [0.1, 0.15) is 6.04 Å². The zero-order valence-corrected chi connectivity index (χ0v) is 18.3. The fraction of sp³-hybridized carbons (Fsp3) is 0.933. The van der Waals surface area contributed by atoms with E-state index < -0.39 is 12.2 Å². The van der Waals surface area contributed by atoms with E-state index in [4.69, 9.17) is 0 Å². The second kappa shape index (κ2) is 10.3. The maximum atomic E-state index is 12.8. The molecule has 0 aromatic carbocycles. The van der Waals surface area contributed by atoms with Gasteiger partial charge in [-0.3, -0.25) is 9.89 Å². The summed E-state index contributed by atoms with van der Waals surface area (Å²) in [5.74, 6) is 0.800. The first-order chi connectivity index (χ1) is 10.6. The zero-order valence-electron chi connectivity index (χ0n) is 15.1. The summed E-state index contributed by atoms with van der Waals surface area (Å²) in [6.07, 6.45) is -2.11. The summed E-state index contributed by atoms with van der Waals surface area (Å²) in [4.78, 5) is 8.22. The average Bonchev–Trinajstić information content (AvgIpc) is 2.50. The second-order valence-corrected chi connectivity index (χ2v) is 7.89. The highest BCUT2D eigenvalue weighted by Crippen LogP contribution is 2.25. The normalized spacial score (nSPS) is 19.0. The molecule has 1 aliphatic rings. The molecule has 0 aromatic heterocycles. The van der Waals surface area contributed by atoms with E-state index in [2.05, 4.69) is 35.3 Å². The fourth-order valence-electron chi connectivity index (χ4n) is 2.28. The molecule has 1 fully saturated rings. The molecule has 0 saturated carbocycles. The van der Waals surface area contributed by atoms with Gasteiger partial charge < -0.3 is 10.2 Å². The molecule has 24 heavy (non-hydrogen) atoms. The maximum Gasteiger partial charge on any atom is 0.403 e. The summed E-state index contributed by atoms with van der Waals surface area (Å²) < 4.78 is 38.5. The summed E-state index contributed by atoms with van der Waals surface area (Å²) in [5.41, 5.74) is 0. The van der Waals surface area contributed by atoms with Crippen LogP contribution in [0.1, 0.15) is 27.7 Å². The van der Waals surface area contributed by atoms with Gasteiger partial charge in [-0.2, -0.15) is 24.9 Å². The number of hydrogen-bond acceptors (Lipinski definition) is 3. The topological polar surface area (TPSA) is 30.9 Å².